The van der Waals surface area contributed by atoms with E-state index >= 15 is 0 Å². The summed E-state index contributed by atoms with van der Waals surface area (Å²) in [5.41, 5.74) is 0. The Morgan fingerprint density at radius 2 is 0.692 bits per heavy atom. The first-order chi connectivity index (χ1) is 5.00. The van der Waals surface area contributed by atoms with Gasteiger partial charge in [-0.25, -0.2) is 0 Å². The predicted molar refractivity (Wildman–Crippen MR) is 60.4 cm³/mol. The fourth-order valence-corrected chi connectivity index (χ4v) is 0. The molecular weight excluding hydrogens is 285 g/mol. The number of hydrogen-bond donors (Lipinski definition) is 6. The van der Waals surface area contributed by atoms with Gasteiger partial charge in [0.15, 0.2) is 0 Å². The van der Waals surface area contributed by atoms with Gasteiger partial charge in [0.2, 0.25) is 0 Å². The van der Waals surface area contributed by atoms with Gasteiger partial charge >= 0.3 is 64.8 Å². The van der Waals surface area contributed by atoms with Gasteiger partial charge in [0.1, 0.15) is 0 Å². The molecule has 0 heterocycles. The standard InChI is InChI=1S/C2H6.K.2H3O3PS.H/c1-2;;2*1-4(2,3)5;/h1-2H3;;2*(H3,1,2,3,5);. The second-order valence-electron chi connectivity index (χ2n) is 1.03. The molecule has 6 nitrogen and oxygen atoms in total. The fourth-order valence-electron chi connectivity index (χ4n) is 0. The minimum absolute atomic E-state index is 0. The molecule has 11 heteroatoms. The van der Waals surface area contributed by atoms with Gasteiger partial charge in [-0.05, 0) is 23.6 Å². The zero-order valence-electron chi connectivity index (χ0n) is 6.39. The van der Waals surface area contributed by atoms with Crippen LogP contribution in [0.5, 0.6) is 0 Å². The summed E-state index contributed by atoms with van der Waals surface area (Å²) in [6, 6.07) is 0. The van der Waals surface area contributed by atoms with Crippen molar-refractivity contribution in [2.45, 2.75) is 13.8 Å². The van der Waals surface area contributed by atoms with Crippen LogP contribution in [0.2, 0.25) is 0 Å². The Kier molecular flexibility index (Phi) is 24.3. The molecule has 0 spiro atoms. The SMILES string of the molecule is CC.OP(O)(O)=S.OP(O)(O)=S.[KH]. The van der Waals surface area contributed by atoms with Crippen molar-refractivity contribution in [1.29, 1.82) is 0 Å². The molecule has 0 aliphatic carbocycles. The monoisotopic (exact) mass is 298 g/mol. The van der Waals surface area contributed by atoms with Gasteiger partial charge in [0.05, 0.1) is 0 Å². The molecule has 0 fully saturated rings. The van der Waals surface area contributed by atoms with E-state index in [4.69, 9.17) is 29.4 Å². The molecule has 0 amide bonds. The van der Waals surface area contributed by atoms with Gasteiger partial charge in [0.25, 0.3) is 0 Å². The van der Waals surface area contributed by atoms with Crippen LogP contribution in [0.15, 0.2) is 0 Å². The van der Waals surface area contributed by atoms with Crippen LogP contribution in [0, 0.1) is 0 Å². The number of hydrogen-bond acceptors (Lipinski definition) is 2. The van der Waals surface area contributed by atoms with Gasteiger partial charge in [0, 0.05) is 0 Å². The Balaban J connectivity index is -0.0000000491. The molecule has 0 unspecified atom stereocenters. The van der Waals surface area contributed by atoms with E-state index in [2.05, 4.69) is 23.6 Å². The normalized spacial score (nSPS) is 9.54. The van der Waals surface area contributed by atoms with E-state index in [1.807, 2.05) is 13.8 Å². The molecular formula is C2H13KO6P2S2. The van der Waals surface area contributed by atoms with Gasteiger partial charge in [-0.15, -0.1) is 0 Å². The predicted octanol–water partition coefficient (Wildman–Crippen LogP) is -1.25. The molecule has 0 aromatic carbocycles. The third-order valence-electron chi connectivity index (χ3n) is 0. The molecule has 0 saturated heterocycles. The summed E-state index contributed by atoms with van der Waals surface area (Å²) in [5.74, 6) is 0. The van der Waals surface area contributed by atoms with Gasteiger partial charge in [-0.3, -0.25) is 0 Å². The van der Waals surface area contributed by atoms with E-state index < -0.39 is 13.4 Å². The molecule has 0 aliphatic heterocycles. The van der Waals surface area contributed by atoms with Gasteiger partial charge in [-0.1, -0.05) is 13.8 Å². The van der Waals surface area contributed by atoms with Crippen LogP contribution in [0.4, 0.5) is 0 Å². The molecule has 0 atom stereocenters. The van der Waals surface area contributed by atoms with E-state index in [9.17, 15) is 0 Å². The second kappa shape index (κ2) is 12.8. The average Bonchev–Trinajstić information content (AvgIpc) is 1.59. The van der Waals surface area contributed by atoms with Crippen LogP contribution in [0.3, 0.4) is 0 Å². The fraction of sp³-hybridized carbons (Fsp3) is 1.00. The first kappa shape index (κ1) is 24.8. The first-order valence-electron chi connectivity index (χ1n) is 2.57. The maximum absolute atomic E-state index is 7.56. The molecule has 6 N–H and O–H groups in total. The van der Waals surface area contributed by atoms with Crippen LogP contribution >= 0.6 is 13.4 Å². The maximum atomic E-state index is 7.56. The van der Waals surface area contributed by atoms with Gasteiger partial charge < -0.3 is 29.4 Å². The quantitative estimate of drug-likeness (QED) is 0.242. The topological polar surface area (TPSA) is 121 Å². The van der Waals surface area contributed by atoms with E-state index in [0.29, 0.717) is 0 Å². The number of rotatable bonds is 0. The zero-order chi connectivity index (χ0) is 11.0. The summed E-state index contributed by atoms with van der Waals surface area (Å²) >= 11 is 7.21. The van der Waals surface area contributed by atoms with E-state index in [1.165, 1.54) is 0 Å². The molecule has 0 saturated carbocycles. The van der Waals surface area contributed by atoms with Crippen LogP contribution in [-0.2, 0) is 23.6 Å². The van der Waals surface area contributed by atoms with Crippen LogP contribution in [0.25, 0.3) is 0 Å². The van der Waals surface area contributed by atoms with Crippen LogP contribution < -0.4 is 0 Å². The molecule has 0 aliphatic rings. The van der Waals surface area contributed by atoms with Crippen LogP contribution in [-0.4, -0.2) is 80.7 Å². The molecule has 13 heavy (non-hydrogen) atoms. The van der Waals surface area contributed by atoms with Gasteiger partial charge in [-0.2, -0.15) is 0 Å². The van der Waals surface area contributed by atoms with E-state index in [0.717, 1.165) is 0 Å². The Labute approximate surface area is 130 Å². The third-order valence-corrected chi connectivity index (χ3v) is 0. The van der Waals surface area contributed by atoms with E-state index in [1.54, 1.807) is 0 Å². The van der Waals surface area contributed by atoms with Crippen LogP contribution in [0.1, 0.15) is 13.8 Å². The Bertz CT molecular complexity index is 139. The summed E-state index contributed by atoms with van der Waals surface area (Å²) in [7, 11) is 0. The van der Waals surface area contributed by atoms with E-state index in [-0.39, 0.29) is 51.4 Å². The zero-order valence-corrected chi connectivity index (χ0v) is 9.82. The van der Waals surface area contributed by atoms with Crippen molar-refractivity contribution in [3.8, 4) is 0 Å². The molecule has 0 rings (SSSR count). The summed E-state index contributed by atoms with van der Waals surface area (Å²) in [6.07, 6.45) is 0. The van der Waals surface area contributed by atoms with Crippen molar-refractivity contribution in [2.75, 3.05) is 0 Å². The average molecular weight is 298 g/mol. The first-order valence-corrected chi connectivity index (χ1v) is 7.89. The Hall–Kier alpha value is 2.70. The van der Waals surface area contributed by atoms with Crippen molar-refractivity contribution in [3.05, 3.63) is 0 Å². The molecule has 0 aromatic rings. The Morgan fingerprint density at radius 1 is 0.692 bits per heavy atom. The molecule has 0 bridgehead atoms. The summed E-state index contributed by atoms with van der Waals surface area (Å²) < 4.78 is 0. The summed E-state index contributed by atoms with van der Waals surface area (Å²) in [4.78, 5) is 45.3. The van der Waals surface area contributed by atoms with Crippen molar-refractivity contribution in [3.63, 3.8) is 0 Å². The minimum atomic E-state index is -3.81. The summed E-state index contributed by atoms with van der Waals surface area (Å²) in [5, 5.41) is 0. The molecule has 0 aromatic heterocycles. The molecule has 0 radical (unpaired) electrons. The molecule has 80 valence electrons. The summed E-state index contributed by atoms with van der Waals surface area (Å²) in [6.45, 7) is -3.61. The third kappa shape index (κ3) is 326. The van der Waals surface area contributed by atoms with Crippen molar-refractivity contribution in [2.24, 2.45) is 0 Å². The van der Waals surface area contributed by atoms with Crippen molar-refractivity contribution >= 4 is 88.4 Å². The van der Waals surface area contributed by atoms with Crippen molar-refractivity contribution < 1.29 is 29.4 Å². The van der Waals surface area contributed by atoms with Crippen molar-refractivity contribution in [1.82, 2.24) is 0 Å². The second-order valence-corrected chi connectivity index (χ2v) is 6.02. The Morgan fingerprint density at radius 3 is 0.692 bits per heavy atom.